The highest BCUT2D eigenvalue weighted by atomic mass is 16.5. The summed E-state index contributed by atoms with van der Waals surface area (Å²) in [5, 5.41) is 4.31. The second kappa shape index (κ2) is 10.1. The van der Waals surface area contributed by atoms with E-state index < -0.39 is 0 Å². The largest absolute Gasteiger partial charge is 0.376 e. The molecule has 0 aromatic heterocycles. The van der Waals surface area contributed by atoms with Gasteiger partial charge in [-0.2, -0.15) is 0 Å². The minimum absolute atomic E-state index is 0.322. The predicted octanol–water partition coefficient (Wildman–Crippen LogP) is 4.63. The van der Waals surface area contributed by atoms with Gasteiger partial charge in [0.15, 0.2) is 0 Å². The molecule has 1 spiro atoms. The van der Waals surface area contributed by atoms with Crippen molar-refractivity contribution in [2.75, 3.05) is 51.3 Å². The van der Waals surface area contributed by atoms with Crippen LogP contribution in [0.2, 0.25) is 0 Å². The molecule has 3 saturated heterocycles. The Labute approximate surface area is 216 Å². The lowest BCUT2D eigenvalue weighted by Crippen LogP contribution is -2.60. The molecule has 2 aromatic rings. The molecule has 4 aliphatic heterocycles. The van der Waals surface area contributed by atoms with Gasteiger partial charge in [-0.1, -0.05) is 36.4 Å². The minimum Gasteiger partial charge on any atom is -0.376 e. The van der Waals surface area contributed by atoms with Crippen molar-refractivity contribution < 1.29 is 4.74 Å². The molecule has 4 heterocycles. The molecule has 0 saturated carbocycles. The second-order valence-corrected chi connectivity index (χ2v) is 11.4. The van der Waals surface area contributed by atoms with Gasteiger partial charge in [0.25, 0.3) is 0 Å². The van der Waals surface area contributed by atoms with Gasteiger partial charge >= 0.3 is 0 Å². The Morgan fingerprint density at radius 3 is 2.56 bits per heavy atom. The Bertz CT molecular complexity index is 1060. The third-order valence-electron chi connectivity index (χ3n) is 8.66. The third kappa shape index (κ3) is 4.99. The SMILES string of the molecule is Cc1cc(N2CC3(CCN(Cc4ccccc4)CC3)C2)ccc1C1=CN(C[C@H]2CCCCO2)NN1C. The van der Waals surface area contributed by atoms with Crippen LogP contribution in [0.1, 0.15) is 48.8 Å². The monoisotopic (exact) mass is 487 g/mol. The van der Waals surface area contributed by atoms with Crippen LogP contribution in [0, 0.1) is 12.3 Å². The van der Waals surface area contributed by atoms with Gasteiger partial charge in [-0.05, 0) is 75.4 Å². The van der Waals surface area contributed by atoms with Crippen LogP contribution < -0.4 is 10.4 Å². The number of nitrogens with zero attached hydrogens (tertiary/aromatic N) is 4. The highest BCUT2D eigenvalue weighted by Crippen LogP contribution is 2.43. The predicted molar refractivity (Wildman–Crippen MR) is 146 cm³/mol. The molecule has 0 amide bonds. The van der Waals surface area contributed by atoms with Crippen LogP contribution in [-0.2, 0) is 11.3 Å². The summed E-state index contributed by atoms with van der Waals surface area (Å²) in [5.41, 5.74) is 10.6. The van der Waals surface area contributed by atoms with Crippen LogP contribution in [0.4, 0.5) is 5.69 Å². The van der Waals surface area contributed by atoms with Gasteiger partial charge in [-0.25, -0.2) is 0 Å². The molecule has 1 N–H and O–H groups in total. The van der Waals surface area contributed by atoms with Crippen molar-refractivity contribution in [2.45, 2.75) is 51.7 Å². The average Bonchev–Trinajstić information content (AvgIpc) is 3.24. The number of aryl methyl sites for hydroxylation is 1. The average molecular weight is 488 g/mol. The van der Waals surface area contributed by atoms with Gasteiger partial charge in [0.05, 0.1) is 18.3 Å². The molecule has 192 valence electrons. The van der Waals surface area contributed by atoms with Crippen molar-refractivity contribution in [3.63, 3.8) is 0 Å². The van der Waals surface area contributed by atoms with E-state index in [2.05, 4.69) is 94.1 Å². The number of hydrogen-bond donors (Lipinski definition) is 1. The Morgan fingerprint density at radius 2 is 1.83 bits per heavy atom. The van der Waals surface area contributed by atoms with Gasteiger partial charge in [-0.15, -0.1) is 5.53 Å². The van der Waals surface area contributed by atoms with Gasteiger partial charge in [-0.3, -0.25) is 14.9 Å². The van der Waals surface area contributed by atoms with Gasteiger partial charge in [0.1, 0.15) is 0 Å². The van der Waals surface area contributed by atoms with Crippen molar-refractivity contribution in [2.24, 2.45) is 5.41 Å². The fraction of sp³-hybridized carbons (Fsp3) is 0.533. The quantitative estimate of drug-likeness (QED) is 0.640. The number of ether oxygens (including phenoxy) is 1. The number of likely N-dealkylation sites (tertiary alicyclic amines) is 1. The van der Waals surface area contributed by atoms with E-state index in [1.807, 2.05) is 0 Å². The maximum atomic E-state index is 5.94. The summed E-state index contributed by atoms with van der Waals surface area (Å²) >= 11 is 0. The Balaban J connectivity index is 1.04. The standard InChI is InChI=1S/C30H41N5O/c1-24-18-26(11-12-28(24)29-21-35(31-32(29)2)20-27-10-6-7-17-36-27)34-22-30(23-34)13-15-33(16-14-30)19-25-8-4-3-5-9-25/h3-5,8-9,11-12,18,21,27,31H,6-7,10,13-17,19-20,22-23H2,1-2H3/t27-/m1/s1. The highest BCUT2D eigenvalue weighted by molar-refractivity contribution is 5.70. The van der Waals surface area contributed by atoms with Gasteiger partial charge in [0, 0.05) is 56.2 Å². The summed E-state index contributed by atoms with van der Waals surface area (Å²) in [5.74, 6) is 0. The zero-order chi connectivity index (χ0) is 24.5. The molecule has 6 nitrogen and oxygen atoms in total. The number of piperidine rings is 1. The number of hydrogen-bond acceptors (Lipinski definition) is 6. The topological polar surface area (TPSA) is 34.2 Å². The molecular weight excluding hydrogens is 446 g/mol. The molecule has 4 aliphatic rings. The minimum atomic E-state index is 0.322. The summed E-state index contributed by atoms with van der Waals surface area (Å²) in [6, 6.07) is 17.9. The normalized spacial score (nSPS) is 24.2. The number of anilines is 1. The van der Waals surface area contributed by atoms with Crippen molar-refractivity contribution in [1.29, 1.82) is 0 Å². The maximum Gasteiger partial charge on any atom is 0.0783 e. The fourth-order valence-electron chi connectivity index (χ4n) is 6.45. The Kier molecular flexibility index (Phi) is 6.67. The van der Waals surface area contributed by atoms with E-state index in [1.165, 1.54) is 79.9 Å². The van der Waals surface area contributed by atoms with Crippen LogP contribution in [0.15, 0.2) is 54.7 Å². The van der Waals surface area contributed by atoms with Crippen LogP contribution in [-0.4, -0.2) is 67.4 Å². The summed E-state index contributed by atoms with van der Waals surface area (Å²) in [6.07, 6.45) is 8.82. The molecule has 1 atom stereocenters. The van der Waals surface area contributed by atoms with Crippen LogP contribution >= 0.6 is 0 Å². The highest BCUT2D eigenvalue weighted by Gasteiger charge is 2.44. The second-order valence-electron chi connectivity index (χ2n) is 11.4. The summed E-state index contributed by atoms with van der Waals surface area (Å²) in [7, 11) is 2.10. The van der Waals surface area contributed by atoms with Gasteiger partial charge < -0.3 is 9.64 Å². The smallest absolute Gasteiger partial charge is 0.0783 e. The van der Waals surface area contributed by atoms with E-state index in [9.17, 15) is 0 Å². The van der Waals surface area contributed by atoms with E-state index >= 15 is 0 Å². The molecule has 3 fully saturated rings. The molecule has 36 heavy (non-hydrogen) atoms. The first-order valence-electron chi connectivity index (χ1n) is 13.8. The van der Waals surface area contributed by atoms with E-state index in [1.54, 1.807) is 0 Å². The molecular formula is C30H41N5O. The van der Waals surface area contributed by atoms with Crippen LogP contribution in [0.5, 0.6) is 0 Å². The first-order valence-corrected chi connectivity index (χ1v) is 13.8. The number of hydrazine groups is 2. The number of nitrogens with one attached hydrogen (secondary N) is 1. The lowest BCUT2D eigenvalue weighted by Gasteiger charge is -2.55. The first kappa shape index (κ1) is 23.8. The number of rotatable bonds is 6. The van der Waals surface area contributed by atoms with Crippen molar-refractivity contribution in [1.82, 2.24) is 20.5 Å². The van der Waals surface area contributed by atoms with E-state index in [0.29, 0.717) is 11.5 Å². The van der Waals surface area contributed by atoms with Crippen LogP contribution in [0.25, 0.3) is 5.70 Å². The molecule has 0 bridgehead atoms. The van der Waals surface area contributed by atoms with Crippen LogP contribution in [0.3, 0.4) is 0 Å². The molecule has 2 aromatic carbocycles. The Hall–Kier alpha value is -2.54. The van der Waals surface area contributed by atoms with Crippen molar-refractivity contribution in [3.8, 4) is 0 Å². The molecule has 6 rings (SSSR count). The molecule has 6 heteroatoms. The maximum absolute atomic E-state index is 5.94. The molecule has 0 radical (unpaired) electrons. The van der Waals surface area contributed by atoms with Gasteiger partial charge in [0.2, 0.25) is 0 Å². The third-order valence-corrected chi connectivity index (χ3v) is 8.66. The zero-order valence-corrected chi connectivity index (χ0v) is 22.0. The molecule has 0 aliphatic carbocycles. The summed E-state index contributed by atoms with van der Waals surface area (Å²) in [4.78, 5) is 5.22. The molecule has 0 unspecified atom stereocenters. The summed E-state index contributed by atoms with van der Waals surface area (Å²) in [6.45, 7) is 9.96. The van der Waals surface area contributed by atoms with E-state index in [0.717, 1.165) is 26.1 Å². The van der Waals surface area contributed by atoms with Crippen molar-refractivity contribution in [3.05, 3.63) is 71.4 Å². The lowest BCUT2D eigenvalue weighted by molar-refractivity contribution is -0.0122. The Morgan fingerprint density at radius 1 is 1.03 bits per heavy atom. The van der Waals surface area contributed by atoms with Crippen molar-refractivity contribution >= 4 is 11.4 Å². The van der Waals surface area contributed by atoms with E-state index in [4.69, 9.17) is 4.74 Å². The number of benzene rings is 2. The first-order chi connectivity index (χ1) is 17.6. The van der Waals surface area contributed by atoms with E-state index in [-0.39, 0.29) is 0 Å². The zero-order valence-electron chi connectivity index (χ0n) is 22.0. The lowest BCUT2D eigenvalue weighted by atomic mass is 9.71. The fourth-order valence-corrected chi connectivity index (χ4v) is 6.45. The summed E-state index contributed by atoms with van der Waals surface area (Å²) < 4.78 is 5.94.